The molecule has 1 aromatic heterocycles. The van der Waals surface area contributed by atoms with Crippen molar-refractivity contribution in [1.29, 1.82) is 0 Å². The fraction of sp³-hybridized carbons (Fsp3) is 0.481. The van der Waals surface area contributed by atoms with Gasteiger partial charge in [0.05, 0.1) is 30.4 Å². The number of alkyl halides is 3. The van der Waals surface area contributed by atoms with Gasteiger partial charge in [-0.15, -0.1) is 0 Å². The van der Waals surface area contributed by atoms with Crippen LogP contribution in [-0.2, 0) is 4.79 Å². The van der Waals surface area contributed by atoms with Crippen molar-refractivity contribution in [2.45, 2.75) is 51.7 Å². The summed E-state index contributed by atoms with van der Waals surface area (Å²) in [5.41, 5.74) is 3.03. The second-order valence-corrected chi connectivity index (χ2v) is 9.03. The van der Waals surface area contributed by atoms with Crippen LogP contribution < -0.4 is 14.8 Å². The van der Waals surface area contributed by atoms with Crippen molar-refractivity contribution in [1.82, 2.24) is 9.88 Å². The SMILES string of the molecule is CC[C@@H](C)Nc1c2ccccc2nc2cc(OCCCN3CCCC3)c(OC)cc12.O=C(O)C(F)(F)F. The largest absolute Gasteiger partial charge is 0.493 e. The molecule has 202 valence electrons. The molecule has 0 bridgehead atoms. The molecule has 0 saturated carbocycles. The Morgan fingerprint density at radius 2 is 1.81 bits per heavy atom. The highest BCUT2D eigenvalue weighted by atomic mass is 19.4. The first kappa shape index (κ1) is 28.3. The summed E-state index contributed by atoms with van der Waals surface area (Å²) in [5, 5.41) is 13.0. The summed E-state index contributed by atoms with van der Waals surface area (Å²) in [4.78, 5) is 16.3. The average molecular weight is 522 g/mol. The van der Waals surface area contributed by atoms with E-state index in [4.69, 9.17) is 24.4 Å². The number of halogens is 3. The van der Waals surface area contributed by atoms with Gasteiger partial charge in [-0.3, -0.25) is 0 Å². The molecule has 0 aliphatic carbocycles. The Kier molecular flexibility index (Phi) is 9.79. The summed E-state index contributed by atoms with van der Waals surface area (Å²) in [6.45, 7) is 8.63. The first-order valence-electron chi connectivity index (χ1n) is 12.5. The minimum atomic E-state index is -5.08. The number of rotatable bonds is 9. The van der Waals surface area contributed by atoms with Gasteiger partial charge in [-0.1, -0.05) is 25.1 Å². The fourth-order valence-corrected chi connectivity index (χ4v) is 4.15. The van der Waals surface area contributed by atoms with Crippen molar-refractivity contribution in [3.63, 3.8) is 0 Å². The van der Waals surface area contributed by atoms with Crippen molar-refractivity contribution in [2.75, 3.05) is 38.7 Å². The summed E-state index contributed by atoms with van der Waals surface area (Å²) in [6.07, 6.45) is -0.362. The molecule has 2 aromatic carbocycles. The van der Waals surface area contributed by atoms with E-state index in [0.717, 1.165) is 58.4 Å². The molecular formula is C27H34F3N3O4. The van der Waals surface area contributed by atoms with Crippen molar-refractivity contribution in [2.24, 2.45) is 0 Å². The molecular weight excluding hydrogens is 487 g/mol. The zero-order chi connectivity index (χ0) is 27.0. The zero-order valence-corrected chi connectivity index (χ0v) is 21.4. The van der Waals surface area contributed by atoms with E-state index in [1.54, 1.807) is 7.11 Å². The molecule has 1 fully saturated rings. The van der Waals surface area contributed by atoms with E-state index in [-0.39, 0.29) is 0 Å². The van der Waals surface area contributed by atoms with Crippen LogP contribution in [0.4, 0.5) is 18.9 Å². The maximum Gasteiger partial charge on any atom is 0.490 e. The molecule has 2 N–H and O–H groups in total. The lowest BCUT2D eigenvalue weighted by Gasteiger charge is -2.19. The van der Waals surface area contributed by atoms with Gasteiger partial charge in [0.2, 0.25) is 0 Å². The number of carboxylic acid groups (broad SMARTS) is 1. The topological polar surface area (TPSA) is 83.9 Å². The van der Waals surface area contributed by atoms with E-state index in [1.165, 1.54) is 25.9 Å². The van der Waals surface area contributed by atoms with Crippen LogP contribution in [0, 0.1) is 0 Å². The number of benzene rings is 2. The molecule has 0 unspecified atom stereocenters. The molecule has 7 nitrogen and oxygen atoms in total. The van der Waals surface area contributed by atoms with E-state index in [9.17, 15) is 13.2 Å². The molecule has 4 rings (SSSR count). The maximum absolute atomic E-state index is 10.6. The molecule has 1 aliphatic rings. The Balaban J connectivity index is 0.000000479. The van der Waals surface area contributed by atoms with Gasteiger partial charge in [-0.05, 0) is 57.8 Å². The Hall–Kier alpha value is -3.27. The lowest BCUT2D eigenvalue weighted by Crippen LogP contribution is -2.21. The zero-order valence-electron chi connectivity index (χ0n) is 21.4. The van der Waals surface area contributed by atoms with Crippen LogP contribution in [0.2, 0.25) is 0 Å². The number of ether oxygens (including phenoxy) is 2. The lowest BCUT2D eigenvalue weighted by molar-refractivity contribution is -0.192. The number of aromatic nitrogens is 1. The third kappa shape index (κ3) is 7.61. The van der Waals surface area contributed by atoms with Crippen LogP contribution in [-0.4, -0.2) is 66.5 Å². The number of carbonyl (C=O) groups is 1. The van der Waals surface area contributed by atoms with Crippen LogP contribution in [0.5, 0.6) is 11.5 Å². The number of nitrogens with one attached hydrogen (secondary N) is 1. The number of aliphatic carboxylic acids is 1. The molecule has 37 heavy (non-hydrogen) atoms. The minimum Gasteiger partial charge on any atom is -0.493 e. The Morgan fingerprint density at radius 1 is 1.14 bits per heavy atom. The summed E-state index contributed by atoms with van der Waals surface area (Å²) in [7, 11) is 1.70. The van der Waals surface area contributed by atoms with Crippen LogP contribution >= 0.6 is 0 Å². The first-order chi connectivity index (χ1) is 17.6. The molecule has 0 radical (unpaired) electrons. The predicted molar refractivity (Wildman–Crippen MR) is 139 cm³/mol. The first-order valence-corrected chi connectivity index (χ1v) is 12.5. The number of hydrogen-bond acceptors (Lipinski definition) is 6. The Bertz CT molecular complexity index is 1200. The predicted octanol–water partition coefficient (Wildman–Crippen LogP) is 6.11. The monoisotopic (exact) mass is 521 g/mol. The van der Waals surface area contributed by atoms with Crippen molar-refractivity contribution < 1.29 is 32.5 Å². The number of hydrogen-bond donors (Lipinski definition) is 2. The third-order valence-corrected chi connectivity index (χ3v) is 6.29. The van der Waals surface area contributed by atoms with Gasteiger partial charge in [0, 0.05) is 29.4 Å². The standard InChI is InChI=1S/C25H33N3O2.C2HF3O2/c1-4-18(2)26-25-19-10-5-6-11-21(19)27-22-17-24(23(29-3)16-20(22)25)30-15-9-14-28-12-7-8-13-28;3-2(4,5)1(6)7/h5-6,10-11,16-18H,4,7-9,12-15H2,1-3H3,(H,26,27);(H,6,7)/t18-;/m1./s1. The van der Waals surface area contributed by atoms with E-state index < -0.39 is 12.1 Å². The van der Waals surface area contributed by atoms with Crippen LogP contribution in [0.15, 0.2) is 36.4 Å². The number of pyridine rings is 1. The number of carboxylic acids is 1. The highest BCUT2D eigenvalue weighted by Gasteiger charge is 2.38. The number of para-hydroxylation sites is 1. The fourth-order valence-electron chi connectivity index (χ4n) is 4.15. The molecule has 0 spiro atoms. The lowest BCUT2D eigenvalue weighted by atomic mass is 10.1. The van der Waals surface area contributed by atoms with E-state index in [2.05, 4.69) is 48.3 Å². The van der Waals surface area contributed by atoms with Gasteiger partial charge in [-0.25, -0.2) is 9.78 Å². The molecule has 1 atom stereocenters. The average Bonchev–Trinajstić information content (AvgIpc) is 3.39. The molecule has 3 aromatic rings. The highest BCUT2D eigenvalue weighted by molar-refractivity contribution is 6.08. The second kappa shape index (κ2) is 12.8. The molecule has 10 heteroatoms. The number of methoxy groups -OCH3 is 1. The number of fused-ring (bicyclic) bond motifs is 2. The second-order valence-electron chi connectivity index (χ2n) is 9.03. The summed E-state index contributed by atoms with van der Waals surface area (Å²) >= 11 is 0. The van der Waals surface area contributed by atoms with Gasteiger partial charge in [0.1, 0.15) is 0 Å². The van der Waals surface area contributed by atoms with Gasteiger partial charge < -0.3 is 24.8 Å². The van der Waals surface area contributed by atoms with E-state index in [0.29, 0.717) is 12.6 Å². The molecule has 1 aliphatic heterocycles. The summed E-state index contributed by atoms with van der Waals surface area (Å²) < 4.78 is 43.6. The number of nitrogens with zero attached hydrogens (tertiary/aromatic N) is 2. The third-order valence-electron chi connectivity index (χ3n) is 6.29. The van der Waals surface area contributed by atoms with Crippen molar-refractivity contribution in [3.8, 4) is 11.5 Å². The van der Waals surface area contributed by atoms with E-state index in [1.807, 2.05) is 12.1 Å². The van der Waals surface area contributed by atoms with E-state index >= 15 is 0 Å². The summed E-state index contributed by atoms with van der Waals surface area (Å²) in [5.74, 6) is -1.23. The Morgan fingerprint density at radius 3 is 2.43 bits per heavy atom. The van der Waals surface area contributed by atoms with Crippen LogP contribution in [0.3, 0.4) is 0 Å². The molecule has 0 amide bonds. The van der Waals surface area contributed by atoms with Gasteiger partial charge in [0.25, 0.3) is 0 Å². The van der Waals surface area contributed by atoms with Crippen molar-refractivity contribution >= 4 is 33.5 Å². The molecule has 2 heterocycles. The quantitative estimate of drug-likeness (QED) is 0.260. The number of anilines is 1. The highest BCUT2D eigenvalue weighted by Crippen LogP contribution is 2.38. The summed E-state index contributed by atoms with van der Waals surface area (Å²) in [6, 6.07) is 12.7. The number of likely N-dealkylation sites (tertiary alicyclic amines) is 1. The van der Waals surface area contributed by atoms with Crippen LogP contribution in [0.1, 0.15) is 39.5 Å². The maximum atomic E-state index is 10.6. The molecule has 1 saturated heterocycles. The Labute approximate surface area is 214 Å². The normalized spacial score (nSPS) is 14.8. The smallest absolute Gasteiger partial charge is 0.490 e. The van der Waals surface area contributed by atoms with Gasteiger partial charge in [-0.2, -0.15) is 13.2 Å². The van der Waals surface area contributed by atoms with Crippen molar-refractivity contribution in [3.05, 3.63) is 36.4 Å². The van der Waals surface area contributed by atoms with Gasteiger partial charge >= 0.3 is 12.1 Å². The van der Waals surface area contributed by atoms with Crippen LogP contribution in [0.25, 0.3) is 21.8 Å². The van der Waals surface area contributed by atoms with Gasteiger partial charge in [0.15, 0.2) is 11.5 Å². The minimum absolute atomic E-state index is 0.367.